The van der Waals surface area contributed by atoms with Gasteiger partial charge in [-0.25, -0.2) is 0 Å². The van der Waals surface area contributed by atoms with Gasteiger partial charge in [-0.2, -0.15) is 0 Å². The molecule has 16 heavy (non-hydrogen) atoms. The lowest BCUT2D eigenvalue weighted by Gasteiger charge is -2.04. The van der Waals surface area contributed by atoms with E-state index < -0.39 is 0 Å². The second-order valence-electron chi connectivity index (χ2n) is 3.69. The minimum absolute atomic E-state index is 0.114. The summed E-state index contributed by atoms with van der Waals surface area (Å²) in [5, 5.41) is 22.6. The summed E-state index contributed by atoms with van der Waals surface area (Å²) in [6, 6.07) is 6.82. The van der Waals surface area contributed by atoms with Gasteiger partial charge in [-0.1, -0.05) is 6.07 Å². The van der Waals surface area contributed by atoms with Crippen molar-refractivity contribution in [3.8, 4) is 11.5 Å². The van der Waals surface area contributed by atoms with Crippen LogP contribution < -0.4 is 5.32 Å². The van der Waals surface area contributed by atoms with E-state index in [1.165, 1.54) is 12.1 Å². The van der Waals surface area contributed by atoms with Crippen LogP contribution in [0.1, 0.15) is 5.69 Å². The summed E-state index contributed by atoms with van der Waals surface area (Å²) in [6.45, 7) is 0.864. The molecular formula is C12H14N2O2. The monoisotopic (exact) mass is 218 g/mol. The third-order valence-corrected chi connectivity index (χ3v) is 2.47. The highest BCUT2D eigenvalue weighted by Gasteiger charge is 2.04. The number of hydrogen-bond acceptors (Lipinski definition) is 4. The molecule has 1 aromatic heterocycles. The first-order chi connectivity index (χ1) is 7.70. The number of aromatic hydroxyl groups is 2. The molecule has 0 aliphatic heterocycles. The molecule has 0 aliphatic rings. The van der Waals surface area contributed by atoms with Crippen LogP contribution in [0, 0.1) is 0 Å². The number of likely N-dealkylation sites (N-methyl/N-ethyl adjacent to an activating group) is 1. The van der Waals surface area contributed by atoms with Crippen molar-refractivity contribution in [1.82, 2.24) is 10.3 Å². The second kappa shape index (κ2) is 4.37. The Morgan fingerprint density at radius 1 is 1.19 bits per heavy atom. The van der Waals surface area contributed by atoms with Crippen LogP contribution in [0.3, 0.4) is 0 Å². The molecule has 0 radical (unpaired) electrons. The van der Waals surface area contributed by atoms with Crippen molar-refractivity contribution < 1.29 is 10.2 Å². The molecule has 0 saturated carbocycles. The SMILES string of the molecule is CNCCc1ccc2cc(O)c(O)cc2n1. The van der Waals surface area contributed by atoms with Gasteiger partial charge in [0.15, 0.2) is 11.5 Å². The Labute approximate surface area is 93.6 Å². The van der Waals surface area contributed by atoms with E-state index in [2.05, 4.69) is 10.3 Å². The third kappa shape index (κ3) is 2.06. The maximum atomic E-state index is 9.38. The molecule has 0 saturated heterocycles. The van der Waals surface area contributed by atoms with Gasteiger partial charge in [-0.3, -0.25) is 4.98 Å². The second-order valence-corrected chi connectivity index (χ2v) is 3.69. The first kappa shape index (κ1) is 10.7. The highest BCUT2D eigenvalue weighted by atomic mass is 16.3. The van der Waals surface area contributed by atoms with Gasteiger partial charge in [0.25, 0.3) is 0 Å². The Hall–Kier alpha value is -1.81. The fraction of sp³-hybridized carbons (Fsp3) is 0.250. The average Bonchev–Trinajstić information content (AvgIpc) is 2.28. The van der Waals surface area contributed by atoms with Crippen molar-refractivity contribution in [2.45, 2.75) is 6.42 Å². The lowest BCUT2D eigenvalue weighted by Crippen LogP contribution is -2.11. The number of nitrogens with zero attached hydrogens (tertiary/aromatic N) is 1. The van der Waals surface area contributed by atoms with E-state index in [1.807, 2.05) is 19.2 Å². The molecule has 3 N–H and O–H groups in total. The minimum Gasteiger partial charge on any atom is -0.504 e. The largest absolute Gasteiger partial charge is 0.504 e. The number of rotatable bonds is 3. The molecule has 2 aromatic rings. The van der Waals surface area contributed by atoms with Gasteiger partial charge >= 0.3 is 0 Å². The van der Waals surface area contributed by atoms with Crippen molar-refractivity contribution in [2.75, 3.05) is 13.6 Å². The normalized spacial score (nSPS) is 10.8. The van der Waals surface area contributed by atoms with E-state index in [4.69, 9.17) is 0 Å². The van der Waals surface area contributed by atoms with Gasteiger partial charge in [-0.05, 0) is 19.2 Å². The highest BCUT2D eigenvalue weighted by Crippen LogP contribution is 2.29. The van der Waals surface area contributed by atoms with Crippen LogP contribution in [-0.2, 0) is 6.42 Å². The number of benzene rings is 1. The molecule has 0 atom stereocenters. The van der Waals surface area contributed by atoms with E-state index in [0.717, 1.165) is 24.0 Å². The first-order valence-electron chi connectivity index (χ1n) is 5.17. The molecule has 0 aliphatic carbocycles. The average molecular weight is 218 g/mol. The minimum atomic E-state index is -0.134. The summed E-state index contributed by atoms with van der Waals surface area (Å²) in [7, 11) is 1.89. The van der Waals surface area contributed by atoms with Gasteiger partial charge in [-0.15, -0.1) is 0 Å². The summed E-state index contributed by atoms with van der Waals surface area (Å²) in [5.41, 5.74) is 1.66. The van der Waals surface area contributed by atoms with E-state index in [-0.39, 0.29) is 11.5 Å². The molecule has 0 unspecified atom stereocenters. The smallest absolute Gasteiger partial charge is 0.159 e. The molecule has 84 valence electrons. The molecule has 4 nitrogen and oxygen atoms in total. The molecule has 2 rings (SSSR count). The lowest BCUT2D eigenvalue weighted by atomic mass is 10.1. The zero-order valence-corrected chi connectivity index (χ0v) is 9.07. The summed E-state index contributed by atoms with van der Waals surface area (Å²) in [6.07, 6.45) is 0.841. The zero-order chi connectivity index (χ0) is 11.5. The quantitative estimate of drug-likeness (QED) is 0.681. The van der Waals surface area contributed by atoms with E-state index in [9.17, 15) is 10.2 Å². The number of nitrogens with one attached hydrogen (secondary N) is 1. The first-order valence-corrected chi connectivity index (χ1v) is 5.17. The van der Waals surface area contributed by atoms with Crippen molar-refractivity contribution in [2.24, 2.45) is 0 Å². The van der Waals surface area contributed by atoms with Crippen LogP contribution in [0.15, 0.2) is 24.3 Å². The van der Waals surface area contributed by atoms with E-state index >= 15 is 0 Å². The van der Waals surface area contributed by atoms with Crippen LogP contribution in [-0.4, -0.2) is 28.8 Å². The number of fused-ring (bicyclic) bond motifs is 1. The van der Waals surface area contributed by atoms with Crippen LogP contribution in [0.25, 0.3) is 10.9 Å². The van der Waals surface area contributed by atoms with Gasteiger partial charge < -0.3 is 15.5 Å². The molecule has 0 fully saturated rings. The lowest BCUT2D eigenvalue weighted by molar-refractivity contribution is 0.405. The van der Waals surface area contributed by atoms with Crippen LogP contribution in [0.4, 0.5) is 0 Å². The van der Waals surface area contributed by atoms with Crippen molar-refractivity contribution in [3.63, 3.8) is 0 Å². The Morgan fingerprint density at radius 2 is 1.94 bits per heavy atom. The predicted molar refractivity (Wildman–Crippen MR) is 62.7 cm³/mol. The number of phenolic OH excluding ortho intramolecular Hbond substituents is 2. The van der Waals surface area contributed by atoms with Crippen LogP contribution in [0.2, 0.25) is 0 Å². The summed E-state index contributed by atoms with van der Waals surface area (Å²) >= 11 is 0. The number of pyridine rings is 1. The molecule has 0 bridgehead atoms. The fourth-order valence-electron chi connectivity index (χ4n) is 1.58. The summed E-state index contributed by atoms with van der Waals surface area (Å²) in [4.78, 5) is 4.40. The maximum absolute atomic E-state index is 9.38. The summed E-state index contributed by atoms with van der Waals surface area (Å²) < 4.78 is 0. The Kier molecular flexibility index (Phi) is 2.92. The van der Waals surface area contributed by atoms with Gasteiger partial charge in [0.1, 0.15) is 0 Å². The van der Waals surface area contributed by atoms with Crippen molar-refractivity contribution in [1.29, 1.82) is 0 Å². The van der Waals surface area contributed by atoms with Crippen molar-refractivity contribution >= 4 is 10.9 Å². The maximum Gasteiger partial charge on any atom is 0.159 e. The predicted octanol–water partition coefficient (Wildman–Crippen LogP) is 1.41. The fourth-order valence-corrected chi connectivity index (χ4v) is 1.58. The number of phenols is 2. The molecule has 0 spiro atoms. The molecule has 0 amide bonds. The van der Waals surface area contributed by atoms with Crippen LogP contribution >= 0.6 is 0 Å². The molecule has 4 heteroatoms. The zero-order valence-electron chi connectivity index (χ0n) is 9.07. The number of aromatic nitrogens is 1. The standard InChI is InChI=1S/C12H14N2O2/c1-13-5-4-9-3-2-8-6-11(15)12(16)7-10(8)14-9/h2-3,6-7,13,15-16H,4-5H2,1H3. The van der Waals surface area contributed by atoms with Gasteiger partial charge in [0.2, 0.25) is 0 Å². The Morgan fingerprint density at radius 3 is 2.69 bits per heavy atom. The van der Waals surface area contributed by atoms with E-state index in [0.29, 0.717) is 5.52 Å². The topological polar surface area (TPSA) is 65.4 Å². The summed E-state index contributed by atoms with van der Waals surface area (Å²) in [5.74, 6) is -0.247. The Balaban J connectivity index is 2.41. The molecule has 1 heterocycles. The van der Waals surface area contributed by atoms with Crippen LogP contribution in [0.5, 0.6) is 11.5 Å². The Bertz CT molecular complexity index is 512. The highest BCUT2D eigenvalue weighted by molar-refractivity contribution is 5.82. The molecular weight excluding hydrogens is 204 g/mol. The molecule has 1 aromatic carbocycles. The van der Waals surface area contributed by atoms with E-state index in [1.54, 1.807) is 0 Å². The third-order valence-electron chi connectivity index (χ3n) is 2.47. The number of hydrogen-bond donors (Lipinski definition) is 3. The van der Waals surface area contributed by atoms with Crippen molar-refractivity contribution in [3.05, 3.63) is 30.0 Å². The van der Waals surface area contributed by atoms with Gasteiger partial charge in [0.05, 0.1) is 5.52 Å². The van der Waals surface area contributed by atoms with Gasteiger partial charge in [0, 0.05) is 30.1 Å².